The third-order valence-electron chi connectivity index (χ3n) is 5.41. The van der Waals surface area contributed by atoms with Gasteiger partial charge in [0.1, 0.15) is 4.21 Å². The highest BCUT2D eigenvalue weighted by molar-refractivity contribution is 7.91. The third kappa shape index (κ3) is 4.99. The summed E-state index contributed by atoms with van der Waals surface area (Å²) in [7, 11) is 0.573. The maximum Gasteiger partial charge on any atom is 0.252 e. The standard InChI is InChI=1S/C21H29N3O3S2/c1-4-23(16-17-7-9-19(10-8-17)22(2)3)21(25)18-11-13-24(14-12-18)29(26,27)20-6-5-15-28-20/h5-10,15,18H,4,11-14,16H2,1-3H3. The second kappa shape index (κ2) is 9.28. The minimum atomic E-state index is -3.43. The minimum Gasteiger partial charge on any atom is -0.378 e. The van der Waals surface area contributed by atoms with E-state index in [1.165, 1.54) is 15.6 Å². The number of carbonyl (C=O) groups is 1. The van der Waals surface area contributed by atoms with Gasteiger partial charge in [0.05, 0.1) is 0 Å². The fraction of sp³-hybridized carbons (Fsp3) is 0.476. The first-order chi connectivity index (χ1) is 13.8. The van der Waals surface area contributed by atoms with E-state index in [4.69, 9.17) is 0 Å². The zero-order valence-corrected chi connectivity index (χ0v) is 18.9. The Morgan fingerprint density at radius 3 is 2.31 bits per heavy atom. The summed E-state index contributed by atoms with van der Waals surface area (Å²) in [5, 5.41) is 1.77. The smallest absolute Gasteiger partial charge is 0.252 e. The number of hydrogen-bond donors (Lipinski definition) is 0. The Kier molecular flexibility index (Phi) is 6.97. The lowest BCUT2D eigenvalue weighted by atomic mass is 9.96. The molecule has 0 bridgehead atoms. The molecule has 0 N–H and O–H groups in total. The lowest BCUT2D eigenvalue weighted by Gasteiger charge is -2.33. The largest absolute Gasteiger partial charge is 0.378 e. The quantitative estimate of drug-likeness (QED) is 0.670. The van der Waals surface area contributed by atoms with Crippen LogP contribution >= 0.6 is 11.3 Å². The van der Waals surface area contributed by atoms with Crippen molar-refractivity contribution in [2.24, 2.45) is 5.92 Å². The van der Waals surface area contributed by atoms with Crippen molar-refractivity contribution in [1.82, 2.24) is 9.21 Å². The molecule has 2 heterocycles. The molecule has 1 aliphatic heterocycles. The summed E-state index contributed by atoms with van der Waals surface area (Å²) >= 11 is 1.24. The van der Waals surface area contributed by atoms with Gasteiger partial charge in [-0.15, -0.1) is 11.3 Å². The number of nitrogens with zero attached hydrogens (tertiary/aromatic N) is 3. The number of benzene rings is 1. The van der Waals surface area contributed by atoms with Crippen LogP contribution < -0.4 is 4.90 Å². The molecule has 0 radical (unpaired) electrons. The monoisotopic (exact) mass is 435 g/mol. The summed E-state index contributed by atoms with van der Waals surface area (Å²) in [5.74, 6) is 0.00291. The van der Waals surface area contributed by atoms with E-state index in [9.17, 15) is 13.2 Å². The maximum atomic E-state index is 13.0. The molecule has 8 heteroatoms. The first kappa shape index (κ1) is 21.8. The molecular formula is C21H29N3O3S2. The van der Waals surface area contributed by atoms with Crippen molar-refractivity contribution in [2.45, 2.75) is 30.5 Å². The van der Waals surface area contributed by atoms with Crippen LogP contribution in [-0.2, 0) is 21.4 Å². The van der Waals surface area contributed by atoms with E-state index in [2.05, 4.69) is 24.3 Å². The summed E-state index contributed by atoms with van der Waals surface area (Å²) in [4.78, 5) is 17.0. The number of rotatable bonds is 7. The molecule has 1 amide bonds. The van der Waals surface area contributed by atoms with Crippen LogP contribution in [0.25, 0.3) is 0 Å². The summed E-state index contributed by atoms with van der Waals surface area (Å²) in [5.41, 5.74) is 2.23. The Balaban J connectivity index is 1.60. The summed E-state index contributed by atoms with van der Waals surface area (Å²) in [6.45, 7) is 4.00. The molecular weight excluding hydrogens is 406 g/mol. The Bertz CT molecular complexity index is 901. The second-order valence-electron chi connectivity index (χ2n) is 7.52. The number of amides is 1. The SMILES string of the molecule is CCN(Cc1ccc(N(C)C)cc1)C(=O)C1CCN(S(=O)(=O)c2cccs2)CC1. The lowest BCUT2D eigenvalue weighted by Crippen LogP contribution is -2.44. The molecule has 3 rings (SSSR count). The highest BCUT2D eigenvalue weighted by Gasteiger charge is 2.33. The summed E-state index contributed by atoms with van der Waals surface area (Å²) in [6, 6.07) is 11.6. The highest BCUT2D eigenvalue weighted by Crippen LogP contribution is 2.27. The van der Waals surface area contributed by atoms with Gasteiger partial charge in [0.15, 0.2) is 0 Å². The first-order valence-electron chi connectivity index (χ1n) is 9.91. The van der Waals surface area contributed by atoms with E-state index in [1.807, 2.05) is 30.8 Å². The number of carbonyl (C=O) groups excluding carboxylic acids is 1. The normalized spacial score (nSPS) is 16.0. The molecule has 0 saturated carbocycles. The zero-order chi connectivity index (χ0) is 21.0. The van der Waals surface area contributed by atoms with Crippen LogP contribution in [0.2, 0.25) is 0 Å². The molecule has 1 aromatic heterocycles. The van der Waals surface area contributed by atoms with E-state index in [-0.39, 0.29) is 11.8 Å². The third-order valence-corrected chi connectivity index (χ3v) is 8.68. The summed E-state index contributed by atoms with van der Waals surface area (Å²) in [6.07, 6.45) is 1.14. The Labute approximate surface area is 177 Å². The summed E-state index contributed by atoms with van der Waals surface area (Å²) < 4.78 is 27.2. The van der Waals surface area contributed by atoms with Gasteiger partial charge in [-0.3, -0.25) is 4.79 Å². The molecule has 0 spiro atoms. The van der Waals surface area contributed by atoms with Crippen molar-refractivity contribution in [3.63, 3.8) is 0 Å². The highest BCUT2D eigenvalue weighted by atomic mass is 32.2. The van der Waals surface area contributed by atoms with E-state index in [0.29, 0.717) is 43.2 Å². The molecule has 2 aromatic rings. The van der Waals surface area contributed by atoms with E-state index in [1.54, 1.807) is 17.5 Å². The van der Waals surface area contributed by atoms with Crippen molar-refractivity contribution < 1.29 is 13.2 Å². The number of thiophene rings is 1. The number of sulfonamides is 1. The molecule has 29 heavy (non-hydrogen) atoms. The van der Waals surface area contributed by atoms with Gasteiger partial charge in [-0.25, -0.2) is 8.42 Å². The van der Waals surface area contributed by atoms with Crippen molar-refractivity contribution in [1.29, 1.82) is 0 Å². The minimum absolute atomic E-state index is 0.120. The first-order valence-corrected chi connectivity index (χ1v) is 12.2. The molecule has 1 aromatic carbocycles. The van der Waals surface area contributed by atoms with Crippen molar-refractivity contribution >= 4 is 33.0 Å². The van der Waals surface area contributed by atoms with Crippen LogP contribution in [0.15, 0.2) is 46.0 Å². The molecule has 6 nitrogen and oxygen atoms in total. The van der Waals surface area contributed by atoms with Crippen LogP contribution in [0.3, 0.4) is 0 Å². The predicted molar refractivity (Wildman–Crippen MR) is 118 cm³/mol. The fourth-order valence-corrected chi connectivity index (χ4v) is 6.22. The van der Waals surface area contributed by atoms with Gasteiger partial charge in [0.25, 0.3) is 10.0 Å². The van der Waals surface area contributed by atoms with Crippen molar-refractivity contribution in [2.75, 3.05) is 38.6 Å². The molecule has 1 saturated heterocycles. The van der Waals surface area contributed by atoms with Crippen LogP contribution in [0.1, 0.15) is 25.3 Å². The Morgan fingerprint density at radius 1 is 1.14 bits per heavy atom. The van der Waals surface area contributed by atoms with Gasteiger partial charge < -0.3 is 9.80 Å². The van der Waals surface area contributed by atoms with Gasteiger partial charge in [0, 0.05) is 51.9 Å². The Hall–Kier alpha value is -1.90. The van der Waals surface area contributed by atoms with Crippen LogP contribution in [0.5, 0.6) is 0 Å². The Morgan fingerprint density at radius 2 is 1.79 bits per heavy atom. The molecule has 0 atom stereocenters. The van der Waals surface area contributed by atoms with E-state index in [0.717, 1.165) is 11.3 Å². The fourth-order valence-electron chi connectivity index (χ4n) is 3.60. The zero-order valence-electron chi connectivity index (χ0n) is 17.2. The van der Waals surface area contributed by atoms with Gasteiger partial charge in [-0.05, 0) is 48.9 Å². The maximum absolute atomic E-state index is 13.0. The molecule has 0 aliphatic carbocycles. The van der Waals surface area contributed by atoms with Crippen molar-refractivity contribution in [3.8, 4) is 0 Å². The number of piperidine rings is 1. The van der Waals surface area contributed by atoms with Crippen LogP contribution in [0.4, 0.5) is 5.69 Å². The van der Waals surface area contributed by atoms with Crippen molar-refractivity contribution in [3.05, 3.63) is 47.3 Å². The van der Waals surface area contributed by atoms with E-state index >= 15 is 0 Å². The van der Waals surface area contributed by atoms with Crippen LogP contribution in [0, 0.1) is 5.92 Å². The average molecular weight is 436 g/mol. The van der Waals surface area contributed by atoms with E-state index < -0.39 is 10.0 Å². The molecule has 1 aliphatic rings. The lowest BCUT2D eigenvalue weighted by molar-refractivity contribution is -0.137. The molecule has 1 fully saturated rings. The van der Waals surface area contributed by atoms with Gasteiger partial charge in [-0.2, -0.15) is 4.31 Å². The number of hydrogen-bond acceptors (Lipinski definition) is 5. The average Bonchev–Trinajstić information content (AvgIpc) is 3.28. The predicted octanol–water partition coefficient (Wildman–Crippen LogP) is 3.26. The van der Waals surface area contributed by atoms with Gasteiger partial charge in [0.2, 0.25) is 5.91 Å². The van der Waals surface area contributed by atoms with Crippen LogP contribution in [-0.4, -0.2) is 57.3 Å². The van der Waals surface area contributed by atoms with Gasteiger partial charge in [-0.1, -0.05) is 18.2 Å². The molecule has 0 unspecified atom stereocenters. The second-order valence-corrected chi connectivity index (χ2v) is 10.6. The van der Waals surface area contributed by atoms with Gasteiger partial charge >= 0.3 is 0 Å². The topological polar surface area (TPSA) is 60.9 Å². The number of anilines is 1. The molecule has 158 valence electrons.